The van der Waals surface area contributed by atoms with E-state index in [1.807, 2.05) is 18.7 Å². The summed E-state index contributed by atoms with van der Waals surface area (Å²) in [4.78, 5) is 29.2. The first-order valence-electron chi connectivity index (χ1n) is 7.62. The summed E-state index contributed by atoms with van der Waals surface area (Å²) in [6, 6.07) is 0. The van der Waals surface area contributed by atoms with Crippen LogP contribution in [0.3, 0.4) is 0 Å². The predicted octanol–water partition coefficient (Wildman–Crippen LogP) is 1.62. The van der Waals surface area contributed by atoms with Crippen molar-refractivity contribution in [1.82, 2.24) is 24.7 Å². The number of carbonyl (C=O) groups is 1. The van der Waals surface area contributed by atoms with Gasteiger partial charge in [-0.1, -0.05) is 11.6 Å². The van der Waals surface area contributed by atoms with Gasteiger partial charge in [-0.3, -0.25) is 9.69 Å². The molecular formula is C14H18ClN7O. The second-order valence-electron chi connectivity index (χ2n) is 5.13. The average molecular weight is 336 g/mol. The quantitative estimate of drug-likeness (QED) is 0.844. The molecule has 0 saturated heterocycles. The van der Waals surface area contributed by atoms with Crippen LogP contribution in [0, 0.1) is 0 Å². The smallest absolute Gasteiger partial charge is 0.280 e. The highest BCUT2D eigenvalue weighted by molar-refractivity contribution is 6.34. The summed E-state index contributed by atoms with van der Waals surface area (Å²) in [6.45, 7) is 6.85. The summed E-state index contributed by atoms with van der Waals surface area (Å²) in [5.74, 6) is 0.751. The Morgan fingerprint density at radius 3 is 2.83 bits per heavy atom. The molecule has 0 saturated carbocycles. The number of hydrogen-bond donors (Lipinski definition) is 0. The minimum Gasteiger partial charge on any atom is -0.341 e. The summed E-state index contributed by atoms with van der Waals surface area (Å²) < 4.78 is 1.71. The molecule has 0 aliphatic carbocycles. The van der Waals surface area contributed by atoms with Gasteiger partial charge in [0.25, 0.3) is 5.91 Å². The third-order valence-electron chi connectivity index (χ3n) is 3.81. The molecule has 3 rings (SSSR count). The molecule has 2 aromatic rings. The van der Waals surface area contributed by atoms with E-state index in [-0.39, 0.29) is 16.6 Å². The van der Waals surface area contributed by atoms with E-state index in [1.165, 1.54) is 12.5 Å². The molecule has 0 fully saturated rings. The number of fused-ring (bicyclic) bond motifs is 1. The highest BCUT2D eigenvalue weighted by Crippen LogP contribution is 2.23. The summed E-state index contributed by atoms with van der Waals surface area (Å²) in [5.41, 5.74) is 0.194. The normalized spacial score (nSPS) is 13.8. The Morgan fingerprint density at radius 1 is 1.30 bits per heavy atom. The number of aryl methyl sites for hydroxylation is 1. The second-order valence-corrected chi connectivity index (χ2v) is 5.54. The molecule has 23 heavy (non-hydrogen) atoms. The molecule has 1 aliphatic rings. The van der Waals surface area contributed by atoms with Crippen molar-refractivity contribution < 1.29 is 4.79 Å². The lowest BCUT2D eigenvalue weighted by atomic mass is 10.3. The second kappa shape index (κ2) is 6.49. The van der Waals surface area contributed by atoms with Crippen molar-refractivity contribution in [2.75, 3.05) is 29.4 Å². The van der Waals surface area contributed by atoms with Crippen LogP contribution in [0.4, 0.5) is 11.9 Å². The van der Waals surface area contributed by atoms with E-state index in [4.69, 9.17) is 11.6 Å². The largest absolute Gasteiger partial charge is 0.341 e. The molecule has 0 atom stereocenters. The average Bonchev–Trinajstić information content (AvgIpc) is 3.05. The molecule has 0 unspecified atom stereocenters. The Labute approximate surface area is 139 Å². The highest BCUT2D eigenvalue weighted by atomic mass is 35.5. The molecule has 0 bridgehead atoms. The van der Waals surface area contributed by atoms with Crippen molar-refractivity contribution in [2.45, 2.75) is 26.8 Å². The SMILES string of the molecule is CCN(CC)c1ncc(Cl)c(C(=O)N2CCCn3ncnc32)n1. The van der Waals surface area contributed by atoms with Crippen LogP contribution in [0.25, 0.3) is 0 Å². The Kier molecular flexibility index (Phi) is 4.42. The van der Waals surface area contributed by atoms with Gasteiger partial charge in [0, 0.05) is 26.2 Å². The van der Waals surface area contributed by atoms with Crippen molar-refractivity contribution in [3.8, 4) is 0 Å². The maximum atomic E-state index is 12.9. The lowest BCUT2D eigenvalue weighted by Gasteiger charge is -2.26. The Morgan fingerprint density at radius 2 is 2.09 bits per heavy atom. The van der Waals surface area contributed by atoms with E-state index in [9.17, 15) is 4.79 Å². The zero-order valence-corrected chi connectivity index (χ0v) is 13.9. The fourth-order valence-electron chi connectivity index (χ4n) is 2.59. The first kappa shape index (κ1) is 15.7. The highest BCUT2D eigenvalue weighted by Gasteiger charge is 2.28. The Hall–Kier alpha value is -2.22. The van der Waals surface area contributed by atoms with E-state index in [0.717, 1.165) is 26.1 Å². The molecule has 0 N–H and O–H groups in total. The number of hydrogen-bond acceptors (Lipinski definition) is 6. The van der Waals surface area contributed by atoms with Gasteiger partial charge in [-0.25, -0.2) is 14.6 Å². The third kappa shape index (κ3) is 2.86. The molecule has 122 valence electrons. The van der Waals surface area contributed by atoms with Gasteiger partial charge in [-0.05, 0) is 20.3 Å². The zero-order chi connectivity index (χ0) is 16.4. The number of halogens is 1. The van der Waals surface area contributed by atoms with Gasteiger partial charge >= 0.3 is 0 Å². The van der Waals surface area contributed by atoms with Crippen LogP contribution >= 0.6 is 11.6 Å². The van der Waals surface area contributed by atoms with Gasteiger partial charge in [0.15, 0.2) is 5.69 Å². The topological polar surface area (TPSA) is 80.0 Å². The van der Waals surface area contributed by atoms with Crippen molar-refractivity contribution in [1.29, 1.82) is 0 Å². The van der Waals surface area contributed by atoms with E-state index in [2.05, 4.69) is 20.1 Å². The van der Waals surface area contributed by atoms with E-state index < -0.39 is 0 Å². The van der Waals surface area contributed by atoms with E-state index >= 15 is 0 Å². The lowest BCUT2D eigenvalue weighted by Crippen LogP contribution is -2.39. The predicted molar refractivity (Wildman–Crippen MR) is 86.9 cm³/mol. The molecule has 8 nitrogen and oxygen atoms in total. The Balaban J connectivity index is 1.96. The molecule has 1 aliphatic heterocycles. The van der Waals surface area contributed by atoms with E-state index in [0.29, 0.717) is 18.4 Å². The molecule has 0 spiro atoms. The molecule has 3 heterocycles. The fraction of sp³-hybridized carbons (Fsp3) is 0.500. The minimum atomic E-state index is -0.278. The van der Waals surface area contributed by atoms with Crippen LogP contribution in [0.15, 0.2) is 12.5 Å². The van der Waals surface area contributed by atoms with Crippen LogP contribution < -0.4 is 9.80 Å². The van der Waals surface area contributed by atoms with Crippen molar-refractivity contribution in [3.05, 3.63) is 23.2 Å². The van der Waals surface area contributed by atoms with Gasteiger partial charge in [-0.2, -0.15) is 10.1 Å². The first-order valence-corrected chi connectivity index (χ1v) is 8.00. The number of carbonyl (C=O) groups excluding carboxylic acids is 1. The van der Waals surface area contributed by atoms with Gasteiger partial charge in [0.2, 0.25) is 11.9 Å². The van der Waals surface area contributed by atoms with Crippen LogP contribution in [0.5, 0.6) is 0 Å². The van der Waals surface area contributed by atoms with Crippen LogP contribution in [-0.4, -0.2) is 50.3 Å². The van der Waals surface area contributed by atoms with Gasteiger partial charge in [0.05, 0.1) is 11.2 Å². The number of aromatic nitrogens is 5. The van der Waals surface area contributed by atoms with Crippen LogP contribution in [0.2, 0.25) is 5.02 Å². The summed E-state index contributed by atoms with van der Waals surface area (Å²) in [6.07, 6.45) is 3.74. The maximum Gasteiger partial charge on any atom is 0.280 e. The molecule has 0 aromatic carbocycles. The van der Waals surface area contributed by atoms with Gasteiger partial charge < -0.3 is 4.90 Å². The summed E-state index contributed by atoms with van der Waals surface area (Å²) in [7, 11) is 0. The molecular weight excluding hydrogens is 318 g/mol. The summed E-state index contributed by atoms with van der Waals surface area (Å²) >= 11 is 6.17. The number of nitrogens with zero attached hydrogens (tertiary/aromatic N) is 7. The van der Waals surface area contributed by atoms with Crippen molar-refractivity contribution in [2.24, 2.45) is 0 Å². The number of amides is 1. The fourth-order valence-corrected chi connectivity index (χ4v) is 2.76. The maximum absolute atomic E-state index is 12.9. The standard InChI is InChI=1S/C14H18ClN7O/c1-3-20(4-2)13-16-8-10(15)11(19-13)12(23)21-6-5-7-22-14(21)17-9-18-22/h8-9H,3-7H2,1-2H3. The number of rotatable bonds is 4. The first-order chi connectivity index (χ1) is 11.2. The third-order valence-corrected chi connectivity index (χ3v) is 4.09. The Bertz CT molecular complexity index is 713. The molecule has 9 heteroatoms. The monoisotopic (exact) mass is 335 g/mol. The minimum absolute atomic E-state index is 0.194. The lowest BCUT2D eigenvalue weighted by molar-refractivity contribution is 0.0975. The molecule has 1 amide bonds. The number of anilines is 2. The van der Waals surface area contributed by atoms with Crippen molar-refractivity contribution in [3.63, 3.8) is 0 Å². The van der Waals surface area contributed by atoms with Gasteiger partial charge in [-0.15, -0.1) is 0 Å². The van der Waals surface area contributed by atoms with Crippen LogP contribution in [-0.2, 0) is 6.54 Å². The molecule has 2 aromatic heterocycles. The van der Waals surface area contributed by atoms with Gasteiger partial charge in [0.1, 0.15) is 6.33 Å². The zero-order valence-electron chi connectivity index (χ0n) is 13.1. The van der Waals surface area contributed by atoms with Crippen LogP contribution in [0.1, 0.15) is 30.8 Å². The molecule has 0 radical (unpaired) electrons. The van der Waals surface area contributed by atoms with E-state index in [1.54, 1.807) is 9.58 Å². The van der Waals surface area contributed by atoms with Crippen molar-refractivity contribution >= 4 is 29.4 Å². The summed E-state index contributed by atoms with van der Waals surface area (Å²) in [5, 5.41) is 4.35.